The Balaban J connectivity index is 1.31. The van der Waals surface area contributed by atoms with Crippen LogP contribution in [0.5, 0.6) is 0 Å². The van der Waals surface area contributed by atoms with E-state index in [1.54, 1.807) is 8.61 Å². The van der Waals surface area contributed by atoms with Crippen LogP contribution in [0.25, 0.3) is 16.6 Å². The van der Waals surface area contributed by atoms with Gasteiger partial charge in [-0.2, -0.15) is 22.1 Å². The topological polar surface area (TPSA) is 75.3 Å². The summed E-state index contributed by atoms with van der Waals surface area (Å²) in [5.41, 5.74) is 3.04. The average molecular weight is 491 g/mol. The van der Waals surface area contributed by atoms with Gasteiger partial charge in [-0.15, -0.1) is 0 Å². The molecule has 9 nitrogen and oxygen atoms in total. The molecular weight excluding hydrogens is 460 g/mol. The summed E-state index contributed by atoms with van der Waals surface area (Å²) in [6.07, 6.45) is -0.192. The fraction of sp³-hybridized carbons (Fsp3) is 0.545. The van der Waals surface area contributed by atoms with Gasteiger partial charge in [-0.3, -0.25) is 9.30 Å². The molecule has 0 radical (unpaired) electrons. The SMILES string of the molecule is Cc1cc2nn(CN3CCN(S(=O)(=O)N4CC(C)OC(C)C4)CC3)c(=S)n2c2ccccc12. The summed E-state index contributed by atoms with van der Waals surface area (Å²) in [4.78, 5) is 2.20. The predicted octanol–water partition coefficient (Wildman–Crippen LogP) is 2.26. The lowest BCUT2D eigenvalue weighted by Crippen LogP contribution is -2.57. The van der Waals surface area contributed by atoms with Gasteiger partial charge < -0.3 is 4.74 Å². The largest absolute Gasteiger partial charge is 0.373 e. The molecule has 0 bridgehead atoms. The highest BCUT2D eigenvalue weighted by Crippen LogP contribution is 2.22. The van der Waals surface area contributed by atoms with Crippen molar-refractivity contribution in [3.63, 3.8) is 0 Å². The summed E-state index contributed by atoms with van der Waals surface area (Å²) < 4.78 is 39.7. The fourth-order valence-electron chi connectivity index (χ4n) is 4.88. The van der Waals surface area contributed by atoms with E-state index in [1.165, 1.54) is 0 Å². The molecule has 11 heteroatoms. The van der Waals surface area contributed by atoms with Crippen molar-refractivity contribution in [3.05, 3.63) is 40.7 Å². The molecule has 2 aliphatic heterocycles. The van der Waals surface area contributed by atoms with Crippen LogP contribution in [0.4, 0.5) is 0 Å². The number of hydrogen-bond donors (Lipinski definition) is 0. The van der Waals surface area contributed by atoms with E-state index in [9.17, 15) is 8.42 Å². The minimum absolute atomic E-state index is 0.0959. The molecule has 2 fully saturated rings. The summed E-state index contributed by atoms with van der Waals surface area (Å²) in [7, 11) is -3.49. The Hall–Kier alpha value is -1.89. The van der Waals surface area contributed by atoms with E-state index in [1.807, 2.05) is 35.1 Å². The lowest BCUT2D eigenvalue weighted by Gasteiger charge is -2.40. The van der Waals surface area contributed by atoms with E-state index >= 15 is 0 Å². The molecule has 2 atom stereocenters. The molecule has 3 aromatic rings. The van der Waals surface area contributed by atoms with Gasteiger partial charge >= 0.3 is 0 Å². The first-order valence-corrected chi connectivity index (χ1v) is 13.2. The van der Waals surface area contributed by atoms with Crippen LogP contribution in [0.3, 0.4) is 0 Å². The van der Waals surface area contributed by atoms with E-state index in [4.69, 9.17) is 22.1 Å². The lowest BCUT2D eigenvalue weighted by atomic mass is 10.1. The first-order valence-electron chi connectivity index (χ1n) is 11.3. The highest BCUT2D eigenvalue weighted by molar-refractivity contribution is 7.86. The van der Waals surface area contributed by atoms with E-state index in [0.29, 0.717) is 50.7 Å². The molecule has 5 rings (SSSR count). The summed E-state index contributed by atoms with van der Waals surface area (Å²) in [5.74, 6) is 0. The molecule has 2 saturated heterocycles. The van der Waals surface area contributed by atoms with Gasteiger partial charge in [0.2, 0.25) is 4.77 Å². The van der Waals surface area contributed by atoms with Crippen LogP contribution in [-0.4, -0.2) is 87.6 Å². The minimum atomic E-state index is -3.49. The Morgan fingerprint density at radius 1 is 1.06 bits per heavy atom. The van der Waals surface area contributed by atoms with Gasteiger partial charge in [0.1, 0.15) is 0 Å². The van der Waals surface area contributed by atoms with Crippen molar-refractivity contribution in [2.24, 2.45) is 0 Å². The van der Waals surface area contributed by atoms with Crippen molar-refractivity contribution < 1.29 is 13.2 Å². The summed E-state index contributed by atoms with van der Waals surface area (Å²) in [6, 6.07) is 10.3. The molecule has 0 spiro atoms. The molecule has 178 valence electrons. The van der Waals surface area contributed by atoms with Crippen molar-refractivity contribution >= 4 is 39.0 Å². The smallest absolute Gasteiger partial charge is 0.282 e. The van der Waals surface area contributed by atoms with Crippen molar-refractivity contribution in [2.45, 2.75) is 39.6 Å². The van der Waals surface area contributed by atoms with Gasteiger partial charge in [0.05, 0.1) is 24.4 Å². The van der Waals surface area contributed by atoms with Gasteiger partial charge in [-0.25, -0.2) is 4.68 Å². The molecule has 0 aliphatic carbocycles. The van der Waals surface area contributed by atoms with Crippen molar-refractivity contribution in [3.8, 4) is 0 Å². The third-order valence-electron chi connectivity index (χ3n) is 6.48. The van der Waals surface area contributed by atoms with Crippen LogP contribution in [0.2, 0.25) is 0 Å². The van der Waals surface area contributed by atoms with E-state index in [-0.39, 0.29) is 12.2 Å². The Bertz CT molecular complexity index is 1330. The first-order chi connectivity index (χ1) is 15.7. The number of benzene rings is 1. The van der Waals surface area contributed by atoms with Crippen LogP contribution < -0.4 is 0 Å². The van der Waals surface area contributed by atoms with Gasteiger partial charge in [0.15, 0.2) is 5.65 Å². The second kappa shape index (κ2) is 8.71. The molecule has 1 aromatic carbocycles. The van der Waals surface area contributed by atoms with Crippen LogP contribution in [0.15, 0.2) is 30.3 Å². The Labute approximate surface area is 199 Å². The van der Waals surface area contributed by atoms with Crippen molar-refractivity contribution in [1.82, 2.24) is 27.7 Å². The molecule has 2 aromatic heterocycles. The molecule has 0 amide bonds. The van der Waals surface area contributed by atoms with E-state index in [0.717, 1.165) is 22.1 Å². The fourth-order valence-corrected chi connectivity index (χ4v) is 6.92. The second-order valence-electron chi connectivity index (χ2n) is 9.06. The number of fused-ring (bicyclic) bond motifs is 3. The monoisotopic (exact) mass is 490 g/mol. The molecule has 4 heterocycles. The number of pyridine rings is 1. The zero-order chi connectivity index (χ0) is 23.3. The lowest BCUT2D eigenvalue weighted by molar-refractivity contribution is -0.0458. The Morgan fingerprint density at radius 2 is 1.73 bits per heavy atom. The Morgan fingerprint density at radius 3 is 2.42 bits per heavy atom. The number of para-hydroxylation sites is 1. The third-order valence-corrected chi connectivity index (χ3v) is 8.85. The van der Waals surface area contributed by atoms with Gasteiger partial charge in [-0.05, 0) is 50.7 Å². The number of morpholine rings is 1. The number of hydrogen-bond acceptors (Lipinski definition) is 6. The summed E-state index contributed by atoms with van der Waals surface area (Å²) >= 11 is 5.77. The minimum Gasteiger partial charge on any atom is -0.373 e. The van der Waals surface area contributed by atoms with Crippen LogP contribution >= 0.6 is 12.2 Å². The van der Waals surface area contributed by atoms with Gasteiger partial charge in [-0.1, -0.05) is 18.2 Å². The zero-order valence-electron chi connectivity index (χ0n) is 19.2. The van der Waals surface area contributed by atoms with Crippen molar-refractivity contribution in [2.75, 3.05) is 39.3 Å². The summed E-state index contributed by atoms with van der Waals surface area (Å²) in [6.45, 7) is 9.41. The highest BCUT2D eigenvalue weighted by Gasteiger charge is 2.36. The number of piperazine rings is 1. The average Bonchev–Trinajstić information content (AvgIpc) is 3.08. The molecule has 0 saturated carbocycles. The summed E-state index contributed by atoms with van der Waals surface area (Å²) in [5, 5.41) is 5.91. The van der Waals surface area contributed by atoms with E-state index in [2.05, 4.69) is 30.0 Å². The third kappa shape index (κ3) is 4.22. The van der Waals surface area contributed by atoms with Crippen LogP contribution in [-0.2, 0) is 21.6 Å². The molecule has 2 unspecified atom stereocenters. The van der Waals surface area contributed by atoms with Crippen LogP contribution in [0, 0.1) is 11.7 Å². The molecule has 33 heavy (non-hydrogen) atoms. The number of ether oxygens (including phenoxy) is 1. The standard InChI is InChI=1S/C22H30N6O3S2/c1-16-12-21-23-27(22(32)28(21)20-7-5-4-6-19(16)20)15-24-8-10-25(11-9-24)33(29,30)26-13-17(2)31-18(3)14-26/h4-7,12,17-18H,8-11,13-15H2,1-3H3. The second-order valence-corrected chi connectivity index (χ2v) is 11.4. The maximum atomic E-state index is 13.2. The maximum Gasteiger partial charge on any atom is 0.282 e. The van der Waals surface area contributed by atoms with Crippen molar-refractivity contribution in [1.29, 1.82) is 0 Å². The molecule has 0 N–H and O–H groups in total. The Kier molecular flexibility index (Phi) is 6.04. The zero-order valence-corrected chi connectivity index (χ0v) is 20.8. The number of aryl methyl sites for hydroxylation is 1. The number of rotatable bonds is 4. The van der Waals surface area contributed by atoms with Gasteiger partial charge in [0.25, 0.3) is 10.2 Å². The molecular formula is C22H30N6O3S2. The first kappa shape index (κ1) is 22.9. The normalized spacial score (nSPS) is 24.1. The number of aromatic nitrogens is 3. The predicted molar refractivity (Wildman–Crippen MR) is 130 cm³/mol. The van der Waals surface area contributed by atoms with Gasteiger partial charge in [0, 0.05) is 44.7 Å². The maximum absolute atomic E-state index is 13.2. The quantitative estimate of drug-likeness (QED) is 0.523. The number of nitrogens with zero attached hydrogens (tertiary/aromatic N) is 6. The highest BCUT2D eigenvalue weighted by atomic mass is 32.2. The van der Waals surface area contributed by atoms with E-state index < -0.39 is 10.2 Å². The van der Waals surface area contributed by atoms with Crippen LogP contribution in [0.1, 0.15) is 19.4 Å². The molecule has 2 aliphatic rings.